The number of benzene rings is 1. The number of nitrogens with one attached hydrogen (secondary N) is 1. The normalized spacial score (nSPS) is 19.4. The van der Waals surface area contributed by atoms with Crippen LogP contribution in [0.4, 0.5) is 0 Å². The minimum Gasteiger partial charge on any atom is -0.480 e. The van der Waals surface area contributed by atoms with Crippen molar-refractivity contribution in [1.82, 2.24) is 5.32 Å². The minimum atomic E-state index is -0.860. The first-order valence-corrected chi connectivity index (χ1v) is 9.61. The van der Waals surface area contributed by atoms with Crippen molar-refractivity contribution in [3.05, 3.63) is 47.7 Å². The second-order valence-corrected chi connectivity index (χ2v) is 7.18. The molecule has 1 aliphatic heterocycles. The zero-order valence-electron chi connectivity index (χ0n) is 14.4. The molecule has 3 rings (SSSR count). The molecular formula is C19H21NO5S. The molecule has 1 aromatic carbocycles. The summed E-state index contributed by atoms with van der Waals surface area (Å²) in [6, 6.07) is 10.2. The van der Waals surface area contributed by atoms with E-state index in [4.69, 9.17) is 14.3 Å². The van der Waals surface area contributed by atoms with Gasteiger partial charge >= 0.3 is 11.9 Å². The van der Waals surface area contributed by atoms with Crippen molar-refractivity contribution < 1.29 is 23.8 Å². The van der Waals surface area contributed by atoms with Crippen LogP contribution >= 0.6 is 11.8 Å². The second-order valence-electron chi connectivity index (χ2n) is 6.04. The number of ether oxygens (including phenoxy) is 1. The number of unbranched alkanes of at least 4 members (excludes halogenated alkanes) is 1. The Morgan fingerprint density at radius 2 is 2.19 bits per heavy atom. The maximum atomic E-state index is 12.1. The monoisotopic (exact) mass is 375 g/mol. The summed E-state index contributed by atoms with van der Waals surface area (Å²) in [7, 11) is 0. The van der Waals surface area contributed by atoms with Crippen LogP contribution in [0.5, 0.6) is 0 Å². The van der Waals surface area contributed by atoms with Gasteiger partial charge in [0.05, 0.1) is 12.2 Å². The molecule has 1 aliphatic rings. The van der Waals surface area contributed by atoms with E-state index in [9.17, 15) is 9.59 Å². The van der Waals surface area contributed by atoms with Gasteiger partial charge in [0.2, 0.25) is 0 Å². The predicted octanol–water partition coefficient (Wildman–Crippen LogP) is 3.69. The molecule has 0 amide bonds. The van der Waals surface area contributed by atoms with E-state index in [1.54, 1.807) is 18.2 Å². The molecule has 0 spiro atoms. The highest BCUT2D eigenvalue weighted by Crippen LogP contribution is 2.35. The number of thioether (sulfide) groups is 1. The Hall–Kier alpha value is -2.25. The molecule has 138 valence electrons. The Kier molecular flexibility index (Phi) is 6.00. The number of rotatable bonds is 7. The summed E-state index contributed by atoms with van der Waals surface area (Å²) < 4.78 is 11.1. The summed E-state index contributed by atoms with van der Waals surface area (Å²) >= 11 is 1.50. The first-order valence-electron chi connectivity index (χ1n) is 8.56. The van der Waals surface area contributed by atoms with E-state index in [0.717, 1.165) is 18.4 Å². The number of furan rings is 1. The van der Waals surface area contributed by atoms with Crippen LogP contribution in [0.1, 0.15) is 41.3 Å². The Morgan fingerprint density at radius 1 is 1.35 bits per heavy atom. The average Bonchev–Trinajstić information content (AvgIpc) is 3.31. The minimum absolute atomic E-state index is 0.188. The third kappa shape index (κ3) is 4.28. The molecule has 7 heteroatoms. The largest absolute Gasteiger partial charge is 0.480 e. The van der Waals surface area contributed by atoms with Crippen LogP contribution in [0.3, 0.4) is 0 Å². The molecule has 1 aromatic heterocycles. The van der Waals surface area contributed by atoms with Gasteiger partial charge in [-0.1, -0.05) is 25.5 Å². The molecule has 1 saturated heterocycles. The standard InChI is InChI=1S/C19H21NO5S/c1-2-3-9-24-19(23)13-6-4-5-12(10-13)15-7-8-16(25-15)17-20-14(11-26-17)18(21)22/h4-8,10,14,17,20H,2-3,9,11H2,1H3,(H,21,22). The van der Waals surface area contributed by atoms with Crippen LogP contribution in [0.15, 0.2) is 40.8 Å². The van der Waals surface area contributed by atoms with Gasteiger partial charge in [-0.3, -0.25) is 10.1 Å². The number of aliphatic carboxylic acids is 1. The van der Waals surface area contributed by atoms with E-state index < -0.39 is 12.0 Å². The lowest BCUT2D eigenvalue weighted by Crippen LogP contribution is -2.33. The molecule has 26 heavy (non-hydrogen) atoms. The van der Waals surface area contributed by atoms with Crippen LogP contribution in [0, 0.1) is 0 Å². The molecule has 2 atom stereocenters. The smallest absolute Gasteiger partial charge is 0.338 e. The van der Waals surface area contributed by atoms with Crippen LogP contribution in [0.2, 0.25) is 0 Å². The highest BCUT2D eigenvalue weighted by molar-refractivity contribution is 7.99. The van der Waals surface area contributed by atoms with E-state index in [1.165, 1.54) is 11.8 Å². The lowest BCUT2D eigenvalue weighted by Gasteiger charge is -2.08. The number of carbonyl (C=O) groups excluding carboxylic acids is 1. The van der Waals surface area contributed by atoms with Crippen molar-refractivity contribution in [3.8, 4) is 11.3 Å². The van der Waals surface area contributed by atoms with E-state index in [2.05, 4.69) is 5.32 Å². The van der Waals surface area contributed by atoms with Gasteiger partial charge in [-0.25, -0.2) is 4.79 Å². The molecule has 2 aromatic rings. The van der Waals surface area contributed by atoms with Crippen LogP contribution in [-0.4, -0.2) is 35.4 Å². The summed E-state index contributed by atoms with van der Waals surface area (Å²) in [5.41, 5.74) is 1.26. The SMILES string of the molecule is CCCCOC(=O)c1cccc(-c2ccc(C3NC(C(=O)O)CS3)o2)c1. The lowest BCUT2D eigenvalue weighted by molar-refractivity contribution is -0.138. The molecule has 6 nitrogen and oxygen atoms in total. The zero-order chi connectivity index (χ0) is 18.5. The summed E-state index contributed by atoms with van der Waals surface area (Å²) in [6.45, 7) is 2.46. The predicted molar refractivity (Wildman–Crippen MR) is 99.1 cm³/mol. The fourth-order valence-electron chi connectivity index (χ4n) is 2.62. The van der Waals surface area contributed by atoms with Gasteiger partial charge in [-0.15, -0.1) is 11.8 Å². The average molecular weight is 375 g/mol. The molecule has 0 aliphatic carbocycles. The summed E-state index contributed by atoms with van der Waals surface area (Å²) in [5, 5.41) is 11.9. The zero-order valence-corrected chi connectivity index (χ0v) is 15.3. The van der Waals surface area contributed by atoms with Gasteiger partial charge in [0.25, 0.3) is 0 Å². The molecule has 2 unspecified atom stereocenters. The summed E-state index contributed by atoms with van der Waals surface area (Å²) in [6.07, 6.45) is 1.81. The Labute approximate surface area is 155 Å². The number of esters is 1. The first kappa shape index (κ1) is 18.5. The molecule has 2 heterocycles. The Bertz CT molecular complexity index is 788. The van der Waals surface area contributed by atoms with Gasteiger partial charge in [0.15, 0.2) is 0 Å². The quantitative estimate of drug-likeness (QED) is 0.563. The van der Waals surface area contributed by atoms with Crippen molar-refractivity contribution in [2.24, 2.45) is 0 Å². The van der Waals surface area contributed by atoms with E-state index in [0.29, 0.717) is 29.4 Å². The highest BCUT2D eigenvalue weighted by Gasteiger charge is 2.32. The number of hydrogen-bond donors (Lipinski definition) is 2. The van der Waals surface area contributed by atoms with Gasteiger partial charge in [0, 0.05) is 11.3 Å². The number of hydrogen-bond acceptors (Lipinski definition) is 6. The maximum Gasteiger partial charge on any atom is 0.338 e. The first-order chi connectivity index (χ1) is 12.6. The maximum absolute atomic E-state index is 12.1. The van der Waals surface area contributed by atoms with E-state index in [1.807, 2.05) is 25.1 Å². The Balaban J connectivity index is 1.70. The van der Waals surface area contributed by atoms with Crippen LogP contribution in [-0.2, 0) is 9.53 Å². The third-order valence-corrected chi connectivity index (χ3v) is 5.31. The second kappa shape index (κ2) is 8.42. The van der Waals surface area contributed by atoms with Gasteiger partial charge in [-0.05, 0) is 30.7 Å². The van der Waals surface area contributed by atoms with Crippen molar-refractivity contribution in [3.63, 3.8) is 0 Å². The molecular weight excluding hydrogens is 354 g/mol. The summed E-state index contributed by atoms with van der Waals surface area (Å²) in [4.78, 5) is 23.1. The topological polar surface area (TPSA) is 88.8 Å². The number of carbonyl (C=O) groups is 2. The summed E-state index contributed by atoms with van der Waals surface area (Å²) in [5.74, 6) is 0.592. The van der Waals surface area contributed by atoms with Crippen LogP contribution in [0.25, 0.3) is 11.3 Å². The highest BCUT2D eigenvalue weighted by atomic mass is 32.2. The van der Waals surface area contributed by atoms with Gasteiger partial charge in [0.1, 0.15) is 22.9 Å². The van der Waals surface area contributed by atoms with Crippen molar-refractivity contribution in [1.29, 1.82) is 0 Å². The number of carboxylic acids is 1. The lowest BCUT2D eigenvalue weighted by atomic mass is 10.1. The van der Waals surface area contributed by atoms with Crippen molar-refractivity contribution in [2.45, 2.75) is 31.2 Å². The van der Waals surface area contributed by atoms with Crippen molar-refractivity contribution in [2.75, 3.05) is 12.4 Å². The third-order valence-electron chi connectivity index (χ3n) is 4.08. The van der Waals surface area contributed by atoms with Gasteiger partial charge < -0.3 is 14.3 Å². The van der Waals surface area contributed by atoms with Crippen molar-refractivity contribution >= 4 is 23.7 Å². The Morgan fingerprint density at radius 3 is 2.92 bits per heavy atom. The molecule has 0 saturated carbocycles. The van der Waals surface area contributed by atoms with E-state index in [-0.39, 0.29) is 11.3 Å². The van der Waals surface area contributed by atoms with E-state index >= 15 is 0 Å². The van der Waals surface area contributed by atoms with Crippen LogP contribution < -0.4 is 5.32 Å². The molecule has 2 N–H and O–H groups in total. The molecule has 1 fully saturated rings. The number of carboxylic acid groups (broad SMARTS) is 1. The fraction of sp³-hybridized carbons (Fsp3) is 0.368. The van der Waals surface area contributed by atoms with Gasteiger partial charge in [-0.2, -0.15) is 0 Å². The molecule has 0 bridgehead atoms. The fourth-order valence-corrected chi connectivity index (χ4v) is 3.79. The molecule has 0 radical (unpaired) electrons.